The Hall–Kier alpha value is -3.69. The summed E-state index contributed by atoms with van der Waals surface area (Å²) in [5, 5.41) is 15.9. The van der Waals surface area contributed by atoms with E-state index >= 15 is 0 Å². The fraction of sp³-hybridized carbons (Fsp3) is 0.217. The summed E-state index contributed by atoms with van der Waals surface area (Å²) in [6.45, 7) is 0. The molecule has 1 fully saturated rings. The van der Waals surface area contributed by atoms with E-state index in [1.165, 1.54) is 6.07 Å². The summed E-state index contributed by atoms with van der Waals surface area (Å²) in [5.74, 6) is -3.59. The van der Waals surface area contributed by atoms with Crippen LogP contribution in [0.2, 0.25) is 0 Å². The first-order valence-corrected chi connectivity index (χ1v) is 14.4. The lowest BCUT2D eigenvalue weighted by atomic mass is 10.1. The molecular formula is C23H17FN4O7S3. The third kappa shape index (κ3) is 5.30. The number of hydrogen-bond acceptors (Lipinski definition) is 11. The zero-order chi connectivity index (χ0) is 27.0. The van der Waals surface area contributed by atoms with E-state index in [1.807, 2.05) is 0 Å². The van der Waals surface area contributed by atoms with Crippen LogP contribution in [0.15, 0.2) is 46.9 Å². The topological polar surface area (TPSA) is 169 Å². The molecule has 3 heterocycles. The van der Waals surface area contributed by atoms with Crippen LogP contribution in [0.4, 0.5) is 9.18 Å². The number of aliphatic carboxylic acids is 1. The van der Waals surface area contributed by atoms with Gasteiger partial charge in [0.05, 0.1) is 22.4 Å². The number of thioether (sulfide) groups is 1. The molecule has 0 radical (unpaired) electrons. The number of hydrogen-bond donors (Lipinski definition) is 2. The van der Waals surface area contributed by atoms with Crippen LogP contribution >= 0.6 is 23.1 Å². The van der Waals surface area contributed by atoms with Crippen molar-refractivity contribution in [2.75, 3.05) is 5.75 Å². The number of aromatic nitrogens is 3. The van der Waals surface area contributed by atoms with Gasteiger partial charge in [0.25, 0.3) is 5.24 Å². The molecule has 0 spiro atoms. The molecule has 0 bridgehead atoms. The van der Waals surface area contributed by atoms with E-state index in [0.29, 0.717) is 15.8 Å². The van der Waals surface area contributed by atoms with Gasteiger partial charge >= 0.3 is 5.97 Å². The van der Waals surface area contributed by atoms with Gasteiger partial charge in [-0.1, -0.05) is 42.1 Å². The highest BCUT2D eigenvalue weighted by Gasteiger charge is 2.38. The molecule has 5 rings (SSSR count). The van der Waals surface area contributed by atoms with Gasteiger partial charge in [-0.2, -0.15) is 0 Å². The first-order chi connectivity index (χ1) is 18.1. The van der Waals surface area contributed by atoms with E-state index in [1.54, 1.807) is 36.4 Å². The van der Waals surface area contributed by atoms with Crippen molar-refractivity contribution >= 4 is 60.3 Å². The zero-order valence-corrected chi connectivity index (χ0v) is 21.6. The fourth-order valence-electron chi connectivity index (χ4n) is 3.82. The minimum atomic E-state index is -4.24. The zero-order valence-electron chi connectivity index (χ0n) is 19.2. The van der Waals surface area contributed by atoms with Crippen LogP contribution in [0.1, 0.15) is 28.5 Å². The third-order valence-corrected chi connectivity index (χ3v) is 9.73. The van der Waals surface area contributed by atoms with Crippen molar-refractivity contribution in [3.05, 3.63) is 65.1 Å². The molecule has 2 aromatic carbocycles. The molecule has 0 aliphatic carbocycles. The molecule has 2 atom stereocenters. The van der Waals surface area contributed by atoms with Gasteiger partial charge in [-0.15, -0.1) is 21.5 Å². The number of carbonyl (C=O) groups excluding carboxylic acids is 2. The lowest BCUT2D eigenvalue weighted by Crippen LogP contribution is -2.25. The van der Waals surface area contributed by atoms with Crippen LogP contribution in [0.25, 0.3) is 21.3 Å². The Morgan fingerprint density at radius 3 is 2.63 bits per heavy atom. The highest BCUT2D eigenvalue weighted by Crippen LogP contribution is 2.38. The second kappa shape index (κ2) is 10.2. The number of rotatable bonds is 9. The first-order valence-electron chi connectivity index (χ1n) is 11.0. The minimum absolute atomic E-state index is 0.00615. The fourth-order valence-corrected chi connectivity index (χ4v) is 7.63. The molecule has 2 N–H and O–H groups in total. The maximum Gasteiger partial charge on any atom is 0.304 e. The molecule has 11 nitrogen and oxygen atoms in total. The molecule has 1 aliphatic heterocycles. The Bertz CT molecular complexity index is 1670. The van der Waals surface area contributed by atoms with Crippen LogP contribution in [0.3, 0.4) is 0 Å². The number of imide groups is 1. The van der Waals surface area contributed by atoms with Crippen molar-refractivity contribution in [2.24, 2.45) is 0 Å². The van der Waals surface area contributed by atoms with Crippen molar-refractivity contribution in [3.63, 3.8) is 0 Å². The second-order valence-corrected chi connectivity index (χ2v) is 12.7. The van der Waals surface area contributed by atoms with Crippen molar-refractivity contribution < 1.29 is 36.7 Å². The SMILES string of the molecule is O=C(O)CCS(=O)(=O)C(c1nnc(CC2SC(=O)NC2=O)o1)c1nc2cc(F)c(-c3ccccc3)cc2s1. The molecule has 2 amide bonds. The average molecular weight is 577 g/mol. The molecule has 196 valence electrons. The van der Waals surface area contributed by atoms with Crippen LogP contribution in [-0.2, 0) is 25.8 Å². The van der Waals surface area contributed by atoms with Gasteiger partial charge in [0, 0.05) is 18.1 Å². The predicted molar refractivity (Wildman–Crippen MR) is 136 cm³/mol. The first kappa shape index (κ1) is 25.9. The summed E-state index contributed by atoms with van der Waals surface area (Å²) in [6, 6.07) is 11.6. The molecule has 15 heteroatoms. The van der Waals surface area contributed by atoms with Gasteiger partial charge in [0.1, 0.15) is 16.1 Å². The van der Waals surface area contributed by atoms with E-state index in [-0.39, 0.29) is 28.7 Å². The standard InChI is InChI=1S/C23H17FN4O7S3/c24-13-9-14-15(8-12(13)11-4-2-1-3-5-11)36-22(25-14)19(38(33,34)7-6-18(29)30)21-28-27-17(35-21)10-16-20(31)26-23(32)37-16/h1-5,8-9,16,19H,6-7,10H2,(H,29,30)(H,26,31,32). The average Bonchev–Trinajstić information content (AvgIpc) is 3.56. The smallest absolute Gasteiger partial charge is 0.304 e. The summed E-state index contributed by atoms with van der Waals surface area (Å²) < 4.78 is 47.6. The van der Waals surface area contributed by atoms with Crippen molar-refractivity contribution in [1.29, 1.82) is 0 Å². The van der Waals surface area contributed by atoms with Gasteiger partial charge in [0.15, 0.2) is 15.1 Å². The summed E-state index contributed by atoms with van der Waals surface area (Å²) >= 11 is 1.72. The number of carboxylic acid groups (broad SMARTS) is 1. The van der Waals surface area contributed by atoms with E-state index in [4.69, 9.17) is 9.52 Å². The maximum absolute atomic E-state index is 14.9. The highest BCUT2D eigenvalue weighted by molar-refractivity contribution is 8.15. The van der Waals surface area contributed by atoms with E-state index in [0.717, 1.165) is 23.1 Å². The van der Waals surface area contributed by atoms with Crippen LogP contribution in [0, 0.1) is 5.82 Å². The number of carboxylic acids is 1. The van der Waals surface area contributed by atoms with Gasteiger partial charge in [-0.05, 0) is 11.6 Å². The van der Waals surface area contributed by atoms with Crippen molar-refractivity contribution in [3.8, 4) is 11.1 Å². The Morgan fingerprint density at radius 1 is 1.18 bits per heavy atom. The summed E-state index contributed by atoms with van der Waals surface area (Å²) in [6.07, 6.45) is -0.791. The summed E-state index contributed by atoms with van der Waals surface area (Å²) in [4.78, 5) is 38.8. The van der Waals surface area contributed by atoms with E-state index in [9.17, 15) is 27.2 Å². The van der Waals surface area contributed by atoms with Crippen LogP contribution < -0.4 is 5.32 Å². The Kier molecular flexibility index (Phi) is 6.98. The Labute approximate surface area is 222 Å². The predicted octanol–water partition coefficient (Wildman–Crippen LogP) is 3.36. The minimum Gasteiger partial charge on any atom is -0.481 e. The normalized spacial score (nSPS) is 16.6. The quantitative estimate of drug-likeness (QED) is 0.299. The van der Waals surface area contributed by atoms with Gasteiger partial charge in [-0.25, -0.2) is 17.8 Å². The lowest BCUT2D eigenvalue weighted by molar-refractivity contribution is -0.136. The highest BCUT2D eigenvalue weighted by atomic mass is 32.2. The van der Waals surface area contributed by atoms with Crippen molar-refractivity contribution in [1.82, 2.24) is 20.5 Å². The molecule has 4 aromatic rings. The molecule has 1 saturated heterocycles. The number of benzene rings is 2. The second-order valence-electron chi connectivity index (χ2n) is 8.23. The number of nitrogens with one attached hydrogen (secondary N) is 1. The number of carbonyl (C=O) groups is 3. The third-order valence-electron chi connectivity index (χ3n) is 5.60. The number of halogens is 1. The van der Waals surface area contributed by atoms with Crippen molar-refractivity contribution in [2.45, 2.75) is 23.3 Å². The molecule has 0 saturated carbocycles. The maximum atomic E-state index is 14.9. The number of fused-ring (bicyclic) bond motifs is 1. The molecular weight excluding hydrogens is 559 g/mol. The van der Waals surface area contributed by atoms with Gasteiger partial charge < -0.3 is 9.52 Å². The Morgan fingerprint density at radius 2 is 1.95 bits per heavy atom. The van der Waals surface area contributed by atoms with Crippen LogP contribution in [0.5, 0.6) is 0 Å². The van der Waals surface area contributed by atoms with Gasteiger partial charge in [0.2, 0.25) is 17.7 Å². The lowest BCUT2D eigenvalue weighted by Gasteiger charge is -2.11. The number of thiazole rings is 1. The largest absolute Gasteiger partial charge is 0.481 e. The number of sulfone groups is 1. The van der Waals surface area contributed by atoms with Gasteiger partial charge in [-0.3, -0.25) is 19.7 Å². The number of amides is 2. The Balaban J connectivity index is 1.54. The molecule has 1 aliphatic rings. The van der Waals surface area contributed by atoms with E-state index in [2.05, 4.69) is 20.5 Å². The van der Waals surface area contributed by atoms with E-state index < -0.39 is 55.4 Å². The molecule has 2 unspecified atom stereocenters. The summed E-state index contributed by atoms with van der Waals surface area (Å²) in [7, 11) is -4.24. The number of nitrogens with zero attached hydrogens (tertiary/aromatic N) is 3. The summed E-state index contributed by atoms with van der Waals surface area (Å²) in [5.41, 5.74) is 1.14. The monoisotopic (exact) mass is 576 g/mol. The molecule has 2 aromatic heterocycles. The molecule has 38 heavy (non-hydrogen) atoms. The van der Waals surface area contributed by atoms with Crippen LogP contribution in [-0.4, -0.2) is 56.8 Å².